The molecule has 3 N–H and O–H groups in total. The largest absolute Gasteiger partial charge is 0.472 e. The second kappa shape index (κ2) is 74.9. The molecule has 2 unspecified atom stereocenters. The Balaban J connectivity index is 5.20. The van der Waals surface area contributed by atoms with Crippen molar-refractivity contribution in [2.24, 2.45) is 5.92 Å². The van der Waals surface area contributed by atoms with Gasteiger partial charge in [-0.1, -0.05) is 388 Å². The van der Waals surface area contributed by atoms with E-state index < -0.39 is 97.5 Å². The Morgan fingerprint density at radius 1 is 0.267 bits per heavy atom. The molecule has 0 bridgehead atoms. The molecule has 0 amide bonds. The third kappa shape index (κ3) is 76.1. The van der Waals surface area contributed by atoms with Gasteiger partial charge in [0.2, 0.25) is 0 Å². The molecule has 0 aliphatic carbocycles. The average Bonchev–Trinajstić information content (AvgIpc) is 0.946. The lowest BCUT2D eigenvalue weighted by atomic mass is 10.0. The van der Waals surface area contributed by atoms with E-state index in [1.165, 1.54) is 263 Å². The average molecular weight is 1480 g/mol. The van der Waals surface area contributed by atoms with Gasteiger partial charge in [-0.3, -0.25) is 37.3 Å². The van der Waals surface area contributed by atoms with Crippen molar-refractivity contribution in [3.63, 3.8) is 0 Å². The Kier molecular flexibility index (Phi) is 73.5. The molecule has 0 saturated heterocycles. The van der Waals surface area contributed by atoms with E-state index in [0.29, 0.717) is 25.7 Å². The number of hydrogen-bond acceptors (Lipinski definition) is 15. The fourth-order valence-corrected chi connectivity index (χ4v) is 14.3. The molecule has 0 aromatic heterocycles. The van der Waals surface area contributed by atoms with E-state index in [1.54, 1.807) is 0 Å². The predicted octanol–water partition coefficient (Wildman–Crippen LogP) is 24.8. The number of rotatable bonds is 82. The minimum absolute atomic E-state index is 0.108. The number of phosphoric ester groups is 2. The van der Waals surface area contributed by atoms with Crippen LogP contribution in [0.5, 0.6) is 0 Å². The second-order valence-electron chi connectivity index (χ2n) is 30.0. The molecular formula is C82H160O17P2. The van der Waals surface area contributed by atoms with Gasteiger partial charge in [-0.25, -0.2) is 9.13 Å². The van der Waals surface area contributed by atoms with E-state index >= 15 is 0 Å². The van der Waals surface area contributed by atoms with Gasteiger partial charge in [0.1, 0.15) is 19.3 Å². The van der Waals surface area contributed by atoms with Crippen LogP contribution in [0.2, 0.25) is 0 Å². The first-order valence-corrected chi connectivity index (χ1v) is 45.6. The monoisotopic (exact) mass is 1480 g/mol. The molecule has 0 fully saturated rings. The Morgan fingerprint density at radius 2 is 0.455 bits per heavy atom. The first-order valence-electron chi connectivity index (χ1n) is 42.6. The van der Waals surface area contributed by atoms with Gasteiger partial charge in [-0.2, -0.15) is 0 Å². The summed E-state index contributed by atoms with van der Waals surface area (Å²) in [7, 11) is -9.92. The zero-order chi connectivity index (χ0) is 74.1. The van der Waals surface area contributed by atoms with Gasteiger partial charge in [-0.05, 0) is 31.6 Å². The highest BCUT2D eigenvalue weighted by atomic mass is 31.2. The number of ether oxygens (including phenoxy) is 4. The lowest BCUT2D eigenvalue weighted by Crippen LogP contribution is -2.30. The molecule has 0 aliphatic heterocycles. The third-order valence-corrected chi connectivity index (χ3v) is 21.2. The number of hydrogen-bond donors (Lipinski definition) is 3. The highest BCUT2D eigenvalue weighted by molar-refractivity contribution is 7.47. The van der Waals surface area contributed by atoms with Crippen LogP contribution < -0.4 is 0 Å². The molecule has 0 heterocycles. The van der Waals surface area contributed by atoms with E-state index in [2.05, 4.69) is 34.6 Å². The van der Waals surface area contributed by atoms with E-state index in [-0.39, 0.29) is 25.7 Å². The predicted molar refractivity (Wildman–Crippen MR) is 414 cm³/mol. The normalized spacial score (nSPS) is 13.8. The number of carbonyl (C=O) groups excluding carboxylic acids is 4. The first-order chi connectivity index (χ1) is 49.0. The fourth-order valence-electron chi connectivity index (χ4n) is 12.8. The number of esters is 4. The summed E-state index contributed by atoms with van der Waals surface area (Å²) in [5, 5.41) is 10.6. The van der Waals surface area contributed by atoms with Crippen LogP contribution >= 0.6 is 15.6 Å². The quantitative estimate of drug-likeness (QED) is 0.0222. The van der Waals surface area contributed by atoms with Crippen LogP contribution in [0.3, 0.4) is 0 Å². The third-order valence-electron chi connectivity index (χ3n) is 19.3. The van der Waals surface area contributed by atoms with Gasteiger partial charge < -0.3 is 33.8 Å². The highest BCUT2D eigenvalue weighted by Gasteiger charge is 2.30. The topological polar surface area (TPSA) is 237 Å². The van der Waals surface area contributed by atoms with Crippen LogP contribution in [-0.2, 0) is 65.4 Å². The lowest BCUT2D eigenvalue weighted by Gasteiger charge is -2.21. The Hall–Kier alpha value is -1.94. The molecule has 5 atom stereocenters. The SMILES string of the molecule is CCCCCCCCCCCCCCCCCCCCCCC(=O)O[C@H](COC(=O)CCCCCCCCCCCCCCCCCCC(C)C)COP(=O)(O)OC[C@@H](O)COP(=O)(O)OC[C@@H](COC(=O)CCCCCCCCCCC)OC(=O)CCCCCCCCCCCCCCC. The summed E-state index contributed by atoms with van der Waals surface area (Å²) in [6.45, 7) is 7.35. The Bertz CT molecular complexity index is 1930. The maximum absolute atomic E-state index is 13.1. The van der Waals surface area contributed by atoms with Crippen LogP contribution in [0.4, 0.5) is 0 Å². The molecule has 0 aromatic rings. The molecule has 17 nitrogen and oxygen atoms in total. The molecule has 0 aromatic carbocycles. The maximum atomic E-state index is 13.1. The van der Waals surface area contributed by atoms with Crippen molar-refractivity contribution in [1.82, 2.24) is 0 Å². The van der Waals surface area contributed by atoms with E-state index in [9.17, 15) is 43.2 Å². The van der Waals surface area contributed by atoms with Crippen LogP contribution in [0.15, 0.2) is 0 Å². The molecule has 600 valence electrons. The van der Waals surface area contributed by atoms with Gasteiger partial charge >= 0.3 is 39.5 Å². The van der Waals surface area contributed by atoms with Crippen molar-refractivity contribution in [2.45, 2.75) is 457 Å². The van der Waals surface area contributed by atoms with Crippen LogP contribution in [-0.4, -0.2) is 96.7 Å². The Morgan fingerprint density at radius 3 is 0.673 bits per heavy atom. The zero-order valence-electron chi connectivity index (χ0n) is 66.1. The van der Waals surface area contributed by atoms with Crippen molar-refractivity contribution in [3.8, 4) is 0 Å². The molecule has 101 heavy (non-hydrogen) atoms. The number of carbonyl (C=O) groups is 4. The molecule has 0 rings (SSSR count). The zero-order valence-corrected chi connectivity index (χ0v) is 67.8. The number of aliphatic hydroxyl groups excluding tert-OH is 1. The summed E-state index contributed by atoms with van der Waals surface area (Å²) in [4.78, 5) is 73.0. The number of unbranched alkanes of at least 4 members (excludes halogenated alkanes) is 54. The number of aliphatic hydroxyl groups is 1. The van der Waals surface area contributed by atoms with Gasteiger partial charge in [0, 0.05) is 25.7 Å². The van der Waals surface area contributed by atoms with E-state index in [4.69, 9.17) is 37.0 Å². The van der Waals surface area contributed by atoms with Crippen molar-refractivity contribution < 1.29 is 80.2 Å². The minimum Gasteiger partial charge on any atom is -0.462 e. The van der Waals surface area contributed by atoms with Crippen molar-refractivity contribution in [1.29, 1.82) is 0 Å². The summed E-state index contributed by atoms with van der Waals surface area (Å²) in [6, 6.07) is 0. The molecular weight excluding hydrogens is 1320 g/mol. The standard InChI is InChI=1S/C82H160O17P2/c1-6-9-12-15-18-21-23-25-26-27-28-29-30-35-39-43-48-53-58-63-68-82(87)99-78(72-93-80(85)66-61-56-51-46-41-38-34-32-31-33-37-40-45-49-54-59-64-75(4)5)74-97-101(90,91)95-70-76(83)69-94-100(88,89)96-73-77(71-92-79(84)65-60-55-50-44-20-17-14-11-8-3)98-81(86)67-62-57-52-47-42-36-24-22-19-16-13-10-7-2/h75-78,83H,6-74H2,1-5H3,(H,88,89)(H,90,91)/t76-,77+,78+/m0/s1. The molecule has 19 heteroatoms. The molecule has 0 aliphatic rings. The smallest absolute Gasteiger partial charge is 0.462 e. The Labute approximate surface area is 619 Å². The van der Waals surface area contributed by atoms with Crippen LogP contribution in [0.25, 0.3) is 0 Å². The minimum atomic E-state index is -4.96. The first kappa shape index (κ1) is 99.1. The molecule has 0 radical (unpaired) electrons. The van der Waals surface area contributed by atoms with Gasteiger partial charge in [-0.15, -0.1) is 0 Å². The van der Waals surface area contributed by atoms with E-state index in [1.807, 2.05) is 0 Å². The fraction of sp³-hybridized carbons (Fsp3) is 0.951. The maximum Gasteiger partial charge on any atom is 0.472 e. The summed E-state index contributed by atoms with van der Waals surface area (Å²) in [6.07, 6.45) is 66.6. The van der Waals surface area contributed by atoms with Gasteiger partial charge in [0.15, 0.2) is 12.2 Å². The van der Waals surface area contributed by atoms with Gasteiger partial charge in [0.25, 0.3) is 0 Å². The van der Waals surface area contributed by atoms with Crippen molar-refractivity contribution in [3.05, 3.63) is 0 Å². The van der Waals surface area contributed by atoms with Crippen molar-refractivity contribution >= 4 is 39.5 Å². The van der Waals surface area contributed by atoms with Crippen LogP contribution in [0.1, 0.15) is 439 Å². The number of phosphoric acid groups is 2. The van der Waals surface area contributed by atoms with Gasteiger partial charge in [0.05, 0.1) is 26.4 Å². The van der Waals surface area contributed by atoms with Crippen LogP contribution in [0, 0.1) is 5.92 Å². The summed E-state index contributed by atoms with van der Waals surface area (Å²) in [5.74, 6) is -1.29. The summed E-state index contributed by atoms with van der Waals surface area (Å²) < 4.78 is 68.7. The highest BCUT2D eigenvalue weighted by Crippen LogP contribution is 2.45. The molecule has 0 spiro atoms. The second-order valence-corrected chi connectivity index (χ2v) is 32.9. The van der Waals surface area contributed by atoms with E-state index in [0.717, 1.165) is 95.8 Å². The summed E-state index contributed by atoms with van der Waals surface area (Å²) in [5.41, 5.74) is 0. The molecule has 0 saturated carbocycles. The van der Waals surface area contributed by atoms with Crippen molar-refractivity contribution in [2.75, 3.05) is 39.6 Å². The summed E-state index contributed by atoms with van der Waals surface area (Å²) >= 11 is 0. The lowest BCUT2D eigenvalue weighted by molar-refractivity contribution is -0.161.